The fraction of sp³-hybridized carbons (Fsp3) is 0.625. The highest BCUT2D eigenvalue weighted by molar-refractivity contribution is 7.73. The molecule has 0 saturated carbocycles. The maximum atomic E-state index is 10.3. The summed E-state index contributed by atoms with van der Waals surface area (Å²) < 4.78 is 0. The minimum atomic E-state index is -0.863. The van der Waals surface area contributed by atoms with Crippen LogP contribution in [0.5, 0.6) is 0 Å². The summed E-state index contributed by atoms with van der Waals surface area (Å²) in [6.45, 7) is 10.1. The molecule has 0 unspecified atom stereocenters. The Balaban J connectivity index is 3.73. The van der Waals surface area contributed by atoms with Crippen LogP contribution in [0.2, 0.25) is 0 Å². The lowest BCUT2D eigenvalue weighted by Gasteiger charge is -2.10. The lowest BCUT2D eigenvalue weighted by molar-refractivity contribution is -0.132. The van der Waals surface area contributed by atoms with Gasteiger partial charge in [-0.15, -0.1) is 0 Å². The van der Waals surface area contributed by atoms with Crippen molar-refractivity contribution < 1.29 is 9.90 Å². The van der Waals surface area contributed by atoms with E-state index in [4.69, 9.17) is 5.11 Å². The van der Waals surface area contributed by atoms with Crippen molar-refractivity contribution >= 4 is 13.2 Å². The van der Waals surface area contributed by atoms with Crippen molar-refractivity contribution in [3.05, 3.63) is 12.2 Å². The van der Waals surface area contributed by atoms with Crippen LogP contribution in [0.25, 0.3) is 0 Å². The summed E-state index contributed by atoms with van der Waals surface area (Å²) in [5.74, 6) is -0.863. The minimum absolute atomic E-state index is 0.333. The smallest absolute Gasteiger partial charge is 0.331 e. The zero-order valence-corrected chi connectivity index (χ0v) is 8.32. The van der Waals surface area contributed by atoms with E-state index < -0.39 is 13.2 Å². The van der Waals surface area contributed by atoms with E-state index in [9.17, 15) is 4.79 Å². The second-order valence-electron chi connectivity index (χ2n) is 3.67. The Hall–Kier alpha value is -0.360. The molecule has 0 amide bonds. The summed E-state index contributed by atoms with van der Waals surface area (Å²) in [6, 6.07) is 0. The summed E-state index contributed by atoms with van der Waals surface area (Å²) >= 11 is 0. The third kappa shape index (κ3) is 6.05. The SMILES string of the molecule is C=C(CC[P+](C)(C)C)C(=O)O. The number of carboxylic acid groups (broad SMARTS) is 1. The third-order valence-corrected chi connectivity index (χ3v) is 2.95. The van der Waals surface area contributed by atoms with Gasteiger partial charge in [0.1, 0.15) is 0 Å². The molecular weight excluding hydrogens is 159 g/mol. The fourth-order valence-electron chi connectivity index (χ4n) is 0.577. The maximum absolute atomic E-state index is 10.3. The van der Waals surface area contributed by atoms with E-state index in [1.807, 2.05) is 0 Å². The number of carbonyl (C=O) groups is 1. The number of hydrogen-bond acceptors (Lipinski definition) is 1. The van der Waals surface area contributed by atoms with Gasteiger partial charge in [0.05, 0.1) is 6.16 Å². The largest absolute Gasteiger partial charge is 0.478 e. The molecule has 11 heavy (non-hydrogen) atoms. The van der Waals surface area contributed by atoms with Crippen molar-refractivity contribution in [2.24, 2.45) is 0 Å². The molecule has 64 valence electrons. The molecule has 0 rings (SSSR count). The molecule has 3 heteroatoms. The summed E-state index contributed by atoms with van der Waals surface area (Å²) in [6.07, 6.45) is 1.62. The van der Waals surface area contributed by atoms with Gasteiger partial charge in [0.2, 0.25) is 0 Å². The normalized spacial score (nSPS) is 11.2. The summed E-state index contributed by atoms with van der Waals surface area (Å²) in [4.78, 5) is 10.3. The standard InChI is InChI=1S/C8H15O2P/c1-7(8(9)10)5-6-11(2,3)4/h1,5-6H2,2-4H3/p+1. The Bertz CT molecular complexity index is 167. The van der Waals surface area contributed by atoms with Crippen LogP contribution in [0.4, 0.5) is 0 Å². The average Bonchev–Trinajstić information content (AvgIpc) is 1.80. The van der Waals surface area contributed by atoms with Gasteiger partial charge in [0, 0.05) is 39.3 Å². The van der Waals surface area contributed by atoms with Crippen molar-refractivity contribution in [3.8, 4) is 0 Å². The molecule has 0 atom stereocenters. The van der Waals surface area contributed by atoms with E-state index in [0.29, 0.717) is 12.0 Å². The molecule has 0 radical (unpaired) electrons. The molecule has 0 aromatic carbocycles. The number of rotatable bonds is 4. The van der Waals surface area contributed by atoms with Crippen LogP contribution in [0, 0.1) is 0 Å². The van der Waals surface area contributed by atoms with E-state index in [0.717, 1.165) is 6.16 Å². The fourth-order valence-corrected chi connectivity index (χ4v) is 1.52. The Kier molecular flexibility index (Phi) is 3.74. The monoisotopic (exact) mass is 175 g/mol. The zero-order valence-electron chi connectivity index (χ0n) is 7.42. The highest BCUT2D eigenvalue weighted by Crippen LogP contribution is 2.47. The first-order valence-corrected chi connectivity index (χ1v) is 6.86. The highest BCUT2D eigenvalue weighted by atomic mass is 31.2. The first kappa shape index (κ1) is 10.6. The summed E-state index contributed by atoms with van der Waals surface area (Å²) in [5, 5.41) is 8.49. The zero-order chi connectivity index (χ0) is 9.07. The molecule has 0 bridgehead atoms. The molecule has 0 aliphatic rings. The first-order chi connectivity index (χ1) is 4.83. The molecule has 0 heterocycles. The average molecular weight is 175 g/mol. The minimum Gasteiger partial charge on any atom is -0.478 e. The van der Waals surface area contributed by atoms with Gasteiger partial charge >= 0.3 is 5.97 Å². The van der Waals surface area contributed by atoms with Gasteiger partial charge in [-0.05, 0) is 0 Å². The van der Waals surface area contributed by atoms with Crippen LogP contribution in [0.15, 0.2) is 12.2 Å². The third-order valence-electron chi connectivity index (χ3n) is 1.39. The van der Waals surface area contributed by atoms with E-state index in [2.05, 4.69) is 26.6 Å². The van der Waals surface area contributed by atoms with Gasteiger partial charge in [0.15, 0.2) is 0 Å². The van der Waals surface area contributed by atoms with E-state index >= 15 is 0 Å². The van der Waals surface area contributed by atoms with E-state index in [-0.39, 0.29) is 0 Å². The molecule has 0 aromatic heterocycles. The van der Waals surface area contributed by atoms with Gasteiger partial charge < -0.3 is 5.11 Å². The van der Waals surface area contributed by atoms with Crippen LogP contribution >= 0.6 is 7.26 Å². The predicted molar refractivity (Wildman–Crippen MR) is 51.0 cm³/mol. The van der Waals surface area contributed by atoms with Crippen LogP contribution in [0.3, 0.4) is 0 Å². The maximum Gasteiger partial charge on any atom is 0.331 e. The van der Waals surface area contributed by atoms with Crippen molar-refractivity contribution in [2.45, 2.75) is 6.42 Å². The van der Waals surface area contributed by atoms with Gasteiger partial charge in [-0.25, -0.2) is 4.79 Å². The second-order valence-corrected chi connectivity index (χ2v) is 8.70. The van der Waals surface area contributed by atoms with Crippen LogP contribution in [-0.4, -0.2) is 37.2 Å². The van der Waals surface area contributed by atoms with Crippen molar-refractivity contribution in [3.63, 3.8) is 0 Å². The molecule has 0 saturated heterocycles. The van der Waals surface area contributed by atoms with Crippen LogP contribution in [-0.2, 0) is 4.79 Å². The van der Waals surface area contributed by atoms with Gasteiger partial charge in [0.25, 0.3) is 0 Å². The Morgan fingerprint density at radius 1 is 1.45 bits per heavy atom. The molecule has 0 aromatic rings. The molecular formula is C8H16O2P+. The van der Waals surface area contributed by atoms with Crippen LogP contribution in [0.1, 0.15) is 6.42 Å². The Labute approximate surface area is 68.6 Å². The lowest BCUT2D eigenvalue weighted by Crippen LogP contribution is -2.02. The highest BCUT2D eigenvalue weighted by Gasteiger charge is 2.18. The van der Waals surface area contributed by atoms with Crippen molar-refractivity contribution in [2.75, 3.05) is 26.2 Å². The van der Waals surface area contributed by atoms with Crippen LogP contribution < -0.4 is 0 Å². The Morgan fingerprint density at radius 3 is 2.18 bits per heavy atom. The molecule has 0 aliphatic heterocycles. The topological polar surface area (TPSA) is 37.3 Å². The van der Waals surface area contributed by atoms with Crippen molar-refractivity contribution in [1.82, 2.24) is 0 Å². The van der Waals surface area contributed by atoms with Gasteiger partial charge in [-0.2, -0.15) is 0 Å². The quantitative estimate of drug-likeness (QED) is 0.523. The van der Waals surface area contributed by atoms with Gasteiger partial charge in [-0.1, -0.05) is 6.58 Å². The molecule has 0 fully saturated rings. The molecule has 2 nitrogen and oxygen atoms in total. The van der Waals surface area contributed by atoms with E-state index in [1.165, 1.54) is 0 Å². The number of carboxylic acids is 1. The number of hydrogen-bond donors (Lipinski definition) is 1. The lowest BCUT2D eigenvalue weighted by atomic mass is 10.2. The number of aliphatic carboxylic acids is 1. The second kappa shape index (κ2) is 3.87. The molecule has 0 spiro atoms. The Morgan fingerprint density at radius 2 is 1.91 bits per heavy atom. The predicted octanol–water partition coefficient (Wildman–Crippen LogP) is 1.92. The summed E-state index contributed by atoms with van der Waals surface area (Å²) in [5.41, 5.74) is 0.333. The van der Waals surface area contributed by atoms with E-state index in [1.54, 1.807) is 0 Å². The van der Waals surface area contributed by atoms with Gasteiger partial charge in [-0.3, -0.25) is 0 Å². The molecule has 0 aliphatic carbocycles. The first-order valence-electron chi connectivity index (χ1n) is 3.54. The molecule has 1 N–H and O–H groups in total. The van der Waals surface area contributed by atoms with Crippen molar-refractivity contribution in [1.29, 1.82) is 0 Å². The summed E-state index contributed by atoms with van der Waals surface area (Å²) in [7, 11) is -0.833.